The van der Waals surface area contributed by atoms with Gasteiger partial charge in [-0.1, -0.05) is 12.2 Å². The molecule has 3 N–H and O–H groups in total. The van der Waals surface area contributed by atoms with E-state index in [2.05, 4.69) is 4.98 Å². The molecule has 0 spiro atoms. The van der Waals surface area contributed by atoms with E-state index in [0.29, 0.717) is 4.64 Å². The molecular weight excluding hydrogens is 232 g/mol. The summed E-state index contributed by atoms with van der Waals surface area (Å²) < 4.78 is 6.94. The largest absolute Gasteiger partial charge is 0.394 e. The van der Waals surface area contributed by atoms with Crippen molar-refractivity contribution >= 4 is 12.2 Å². The lowest BCUT2D eigenvalue weighted by Gasteiger charge is -2.14. The zero-order valence-electron chi connectivity index (χ0n) is 8.37. The molecule has 1 aromatic rings. The lowest BCUT2D eigenvalue weighted by molar-refractivity contribution is -0.0463. The van der Waals surface area contributed by atoms with Crippen LogP contribution in [0.5, 0.6) is 0 Å². The van der Waals surface area contributed by atoms with E-state index in [-0.39, 0.29) is 18.7 Å². The summed E-state index contributed by atoms with van der Waals surface area (Å²) in [5, 5.41) is 18.5. The predicted octanol–water partition coefficient (Wildman–Crippen LogP) is -0.453. The maximum atomic E-state index is 11.5. The van der Waals surface area contributed by atoms with Crippen molar-refractivity contribution in [1.82, 2.24) is 9.55 Å². The van der Waals surface area contributed by atoms with Gasteiger partial charge < -0.3 is 19.9 Å². The van der Waals surface area contributed by atoms with Gasteiger partial charge in [0.2, 0.25) is 0 Å². The van der Waals surface area contributed by atoms with Crippen LogP contribution in [0.1, 0.15) is 12.6 Å². The first kappa shape index (κ1) is 11.5. The summed E-state index contributed by atoms with van der Waals surface area (Å²) in [7, 11) is 0. The maximum Gasteiger partial charge on any atom is 0.328 e. The Morgan fingerprint density at radius 3 is 3.00 bits per heavy atom. The molecule has 1 aliphatic rings. The lowest BCUT2D eigenvalue weighted by atomic mass is 10.2. The van der Waals surface area contributed by atoms with Crippen molar-refractivity contribution in [2.75, 3.05) is 6.61 Å². The first-order valence-corrected chi connectivity index (χ1v) is 5.29. The number of hydrogen-bond acceptors (Lipinski definition) is 5. The third kappa shape index (κ3) is 1.94. The summed E-state index contributed by atoms with van der Waals surface area (Å²) in [6.07, 6.45) is -0.365. The topological polar surface area (TPSA) is 87.5 Å². The molecule has 0 bridgehead atoms. The highest BCUT2D eigenvalue weighted by molar-refractivity contribution is 7.71. The maximum absolute atomic E-state index is 11.5. The molecule has 0 radical (unpaired) electrons. The second-order valence-corrected chi connectivity index (χ2v) is 4.02. The predicted molar refractivity (Wildman–Crippen MR) is 57.5 cm³/mol. The number of nitrogens with zero attached hydrogens (tertiary/aromatic N) is 1. The fraction of sp³-hybridized carbons (Fsp3) is 0.556. The highest BCUT2D eigenvalue weighted by Gasteiger charge is 2.35. The fourth-order valence-corrected chi connectivity index (χ4v) is 2.01. The van der Waals surface area contributed by atoms with E-state index in [9.17, 15) is 9.90 Å². The Hall–Kier alpha value is -1.02. The Morgan fingerprint density at radius 1 is 1.69 bits per heavy atom. The minimum atomic E-state index is -0.781. The Bertz CT molecular complexity index is 455. The number of aliphatic hydroxyl groups excluding tert-OH is 2. The van der Waals surface area contributed by atoms with E-state index >= 15 is 0 Å². The van der Waals surface area contributed by atoms with Crippen LogP contribution in [0.3, 0.4) is 0 Å². The van der Waals surface area contributed by atoms with Crippen LogP contribution in [0.25, 0.3) is 0 Å². The fourth-order valence-electron chi connectivity index (χ4n) is 1.74. The van der Waals surface area contributed by atoms with Crippen molar-refractivity contribution in [3.8, 4) is 0 Å². The van der Waals surface area contributed by atoms with Gasteiger partial charge in [-0.3, -0.25) is 4.57 Å². The Labute approximate surface area is 96.1 Å². The number of H-pyrrole nitrogens is 1. The van der Waals surface area contributed by atoms with Gasteiger partial charge in [0.15, 0.2) is 0 Å². The third-order valence-corrected chi connectivity index (χ3v) is 2.89. The smallest absolute Gasteiger partial charge is 0.328 e. The van der Waals surface area contributed by atoms with Gasteiger partial charge in [-0.15, -0.1) is 0 Å². The molecule has 2 heterocycles. The van der Waals surface area contributed by atoms with E-state index in [1.165, 1.54) is 10.8 Å². The molecule has 88 valence electrons. The number of hydrogen-bond donors (Lipinski definition) is 3. The highest BCUT2D eigenvalue weighted by atomic mass is 32.1. The summed E-state index contributed by atoms with van der Waals surface area (Å²) in [4.78, 5) is 14.0. The number of aromatic amines is 1. The van der Waals surface area contributed by atoms with Gasteiger partial charge in [0.05, 0.1) is 12.7 Å². The van der Waals surface area contributed by atoms with E-state index in [1.54, 1.807) is 6.07 Å². The average Bonchev–Trinajstić information content (AvgIpc) is 2.59. The first-order chi connectivity index (χ1) is 7.63. The minimum absolute atomic E-state index is 0.243. The van der Waals surface area contributed by atoms with Crippen LogP contribution >= 0.6 is 12.2 Å². The van der Waals surface area contributed by atoms with Crippen LogP contribution in [-0.4, -0.2) is 38.6 Å². The standard InChI is InChI=1S/C9H12N2O4S/c12-4-6-5(13)3-7(15-6)11-8(16)1-2-10-9(11)14/h1-2,5-7,12-13H,3-4H2,(H,10,14). The van der Waals surface area contributed by atoms with Crippen molar-refractivity contribution in [1.29, 1.82) is 0 Å². The molecule has 0 amide bonds. The molecule has 6 nitrogen and oxygen atoms in total. The molecule has 3 atom stereocenters. The number of rotatable bonds is 2. The van der Waals surface area contributed by atoms with Crippen LogP contribution in [-0.2, 0) is 4.74 Å². The molecule has 0 aromatic carbocycles. The van der Waals surface area contributed by atoms with E-state index in [0.717, 1.165) is 0 Å². The second kappa shape index (κ2) is 4.46. The zero-order chi connectivity index (χ0) is 11.7. The van der Waals surface area contributed by atoms with Crippen LogP contribution in [0.2, 0.25) is 0 Å². The molecule has 1 saturated heterocycles. The summed E-state index contributed by atoms with van der Waals surface area (Å²) in [6.45, 7) is -0.282. The molecule has 0 saturated carbocycles. The van der Waals surface area contributed by atoms with E-state index in [4.69, 9.17) is 22.1 Å². The molecule has 1 aliphatic heterocycles. The molecule has 16 heavy (non-hydrogen) atoms. The molecule has 0 aliphatic carbocycles. The second-order valence-electron chi connectivity index (χ2n) is 3.61. The third-order valence-electron chi connectivity index (χ3n) is 2.56. The van der Waals surface area contributed by atoms with Gasteiger partial charge >= 0.3 is 5.69 Å². The van der Waals surface area contributed by atoms with Crippen molar-refractivity contribution in [3.05, 3.63) is 27.4 Å². The van der Waals surface area contributed by atoms with Gasteiger partial charge in [-0.2, -0.15) is 0 Å². The Kier molecular flexibility index (Phi) is 3.20. The first-order valence-electron chi connectivity index (χ1n) is 4.88. The average molecular weight is 244 g/mol. The number of nitrogens with one attached hydrogen (secondary N) is 1. The quantitative estimate of drug-likeness (QED) is 0.613. The van der Waals surface area contributed by atoms with Crippen molar-refractivity contribution in [3.63, 3.8) is 0 Å². The molecular formula is C9H12N2O4S. The summed E-state index contributed by atoms with van der Waals surface area (Å²) in [5.74, 6) is 0. The van der Waals surface area contributed by atoms with E-state index in [1.807, 2.05) is 0 Å². The van der Waals surface area contributed by atoms with Crippen molar-refractivity contribution in [2.24, 2.45) is 0 Å². The lowest BCUT2D eigenvalue weighted by Crippen LogP contribution is -2.28. The SMILES string of the molecule is O=c1[nH]ccc(=S)n1C1CC(O)C(CO)O1. The van der Waals surface area contributed by atoms with Gasteiger partial charge in [-0.05, 0) is 6.07 Å². The van der Waals surface area contributed by atoms with Crippen LogP contribution in [0.15, 0.2) is 17.1 Å². The highest BCUT2D eigenvalue weighted by Crippen LogP contribution is 2.27. The Balaban J connectivity index is 2.34. The zero-order valence-corrected chi connectivity index (χ0v) is 9.18. The number of aromatic nitrogens is 2. The Morgan fingerprint density at radius 2 is 2.44 bits per heavy atom. The minimum Gasteiger partial charge on any atom is -0.394 e. The van der Waals surface area contributed by atoms with E-state index < -0.39 is 18.4 Å². The van der Waals surface area contributed by atoms with Gasteiger partial charge in [-0.25, -0.2) is 4.79 Å². The monoisotopic (exact) mass is 244 g/mol. The summed E-state index contributed by atoms with van der Waals surface area (Å²) in [5.41, 5.74) is -0.386. The summed E-state index contributed by atoms with van der Waals surface area (Å²) >= 11 is 5.01. The van der Waals surface area contributed by atoms with Gasteiger partial charge in [0.25, 0.3) is 0 Å². The number of aliphatic hydroxyl groups is 2. The van der Waals surface area contributed by atoms with Crippen molar-refractivity contribution < 1.29 is 14.9 Å². The van der Waals surface area contributed by atoms with Gasteiger partial charge in [0, 0.05) is 12.6 Å². The number of ether oxygens (including phenoxy) is 1. The van der Waals surface area contributed by atoms with Gasteiger partial charge in [0.1, 0.15) is 17.0 Å². The van der Waals surface area contributed by atoms with Crippen molar-refractivity contribution in [2.45, 2.75) is 24.9 Å². The molecule has 3 unspecified atom stereocenters. The molecule has 1 aromatic heterocycles. The summed E-state index contributed by atoms with van der Waals surface area (Å²) in [6, 6.07) is 1.57. The molecule has 7 heteroatoms. The van der Waals surface area contributed by atoms with Crippen LogP contribution < -0.4 is 5.69 Å². The normalized spacial score (nSPS) is 29.5. The molecule has 2 rings (SSSR count). The molecule has 1 fully saturated rings. The van der Waals surface area contributed by atoms with Crippen LogP contribution in [0, 0.1) is 4.64 Å². The van der Waals surface area contributed by atoms with Crippen LogP contribution in [0.4, 0.5) is 0 Å².